The predicted molar refractivity (Wildman–Crippen MR) is 172 cm³/mol. The van der Waals surface area contributed by atoms with Gasteiger partial charge in [0.1, 0.15) is 5.75 Å². The summed E-state index contributed by atoms with van der Waals surface area (Å²) in [6.07, 6.45) is 5.99. The van der Waals surface area contributed by atoms with Crippen LogP contribution >= 0.6 is 0 Å². The van der Waals surface area contributed by atoms with Gasteiger partial charge in [0.15, 0.2) is 23.1 Å². The van der Waals surface area contributed by atoms with Crippen molar-refractivity contribution < 1.29 is 28.3 Å². The van der Waals surface area contributed by atoms with Gasteiger partial charge in [-0.2, -0.15) is 10.1 Å². The van der Waals surface area contributed by atoms with E-state index in [1.54, 1.807) is 37.6 Å². The van der Waals surface area contributed by atoms with Crippen LogP contribution in [-0.4, -0.2) is 60.4 Å². The molecule has 12 nitrogen and oxygen atoms in total. The van der Waals surface area contributed by atoms with Crippen LogP contribution in [0.2, 0.25) is 0 Å². The number of methoxy groups -OCH3 is 1. The van der Waals surface area contributed by atoms with Crippen LogP contribution in [0.25, 0.3) is 10.9 Å². The number of para-hydroxylation sites is 1. The standard InChI is InChI=1S/C33H35FN6O6/c1-22-11-15-38(16-12-22)14-5-17-45-32-20-27-25(19-31(32)44-2)29(10-13-36-27)46-30-9-8-24(18-26(30)34)39(33(35)41)37-21-23-6-3-4-7-28(23)40(42)43/h3-4,6-10,13,18-22H,5,11-12,14-17H2,1-2H3,(H2,35,41). The van der Waals surface area contributed by atoms with Crippen molar-refractivity contribution in [2.75, 3.05) is 38.4 Å². The maximum absolute atomic E-state index is 15.3. The highest BCUT2D eigenvalue weighted by Crippen LogP contribution is 2.38. The molecular formula is C33H35FN6O6. The normalized spacial score (nSPS) is 14.0. The molecule has 1 aliphatic heterocycles. The molecule has 0 spiro atoms. The number of nitrogens with two attached hydrogens (primary N) is 1. The summed E-state index contributed by atoms with van der Waals surface area (Å²) in [5, 5.41) is 16.6. The molecule has 0 atom stereocenters. The molecule has 2 amide bonds. The number of hydrogen-bond acceptors (Lipinski definition) is 9. The molecule has 4 aromatic rings. The Balaban J connectivity index is 1.30. The third-order valence-corrected chi connectivity index (χ3v) is 7.77. The zero-order valence-electron chi connectivity index (χ0n) is 25.6. The third-order valence-electron chi connectivity index (χ3n) is 7.77. The summed E-state index contributed by atoms with van der Waals surface area (Å²) in [7, 11) is 1.54. The second kappa shape index (κ2) is 14.7. The van der Waals surface area contributed by atoms with Gasteiger partial charge in [-0.25, -0.2) is 9.18 Å². The highest BCUT2D eigenvalue weighted by molar-refractivity contribution is 5.94. The van der Waals surface area contributed by atoms with E-state index in [9.17, 15) is 14.9 Å². The monoisotopic (exact) mass is 630 g/mol. The Morgan fingerprint density at radius 1 is 1.13 bits per heavy atom. The fourth-order valence-corrected chi connectivity index (χ4v) is 5.20. The molecule has 2 N–H and O–H groups in total. The molecule has 46 heavy (non-hydrogen) atoms. The minimum absolute atomic E-state index is 0.00919. The zero-order valence-corrected chi connectivity index (χ0v) is 25.6. The Kier molecular flexibility index (Phi) is 10.2. The smallest absolute Gasteiger partial charge is 0.340 e. The molecule has 13 heteroatoms. The van der Waals surface area contributed by atoms with Crippen molar-refractivity contribution in [2.24, 2.45) is 16.8 Å². The van der Waals surface area contributed by atoms with E-state index in [2.05, 4.69) is 21.9 Å². The van der Waals surface area contributed by atoms with Gasteiger partial charge in [0.2, 0.25) is 0 Å². The highest BCUT2D eigenvalue weighted by atomic mass is 19.1. The van der Waals surface area contributed by atoms with Gasteiger partial charge in [-0.05, 0) is 68.6 Å². The van der Waals surface area contributed by atoms with E-state index in [1.165, 1.54) is 43.2 Å². The Labute approximate surface area is 265 Å². The van der Waals surface area contributed by atoms with Crippen LogP contribution in [0.1, 0.15) is 31.7 Å². The zero-order chi connectivity index (χ0) is 32.6. The lowest BCUT2D eigenvalue weighted by Crippen LogP contribution is -2.34. The molecule has 1 fully saturated rings. The van der Waals surface area contributed by atoms with Gasteiger partial charge >= 0.3 is 6.03 Å². The number of amides is 2. The summed E-state index contributed by atoms with van der Waals surface area (Å²) in [5.74, 6) is 1.22. The van der Waals surface area contributed by atoms with E-state index >= 15 is 4.39 Å². The largest absolute Gasteiger partial charge is 0.493 e. The van der Waals surface area contributed by atoms with Crippen LogP contribution in [0, 0.1) is 21.8 Å². The number of urea groups is 1. The molecule has 1 aromatic heterocycles. The minimum atomic E-state index is -1.02. The molecule has 0 radical (unpaired) electrons. The number of nitro benzene ring substituents is 1. The summed E-state index contributed by atoms with van der Waals surface area (Å²) in [6.45, 7) is 6.04. The van der Waals surface area contributed by atoms with Crippen molar-refractivity contribution in [1.82, 2.24) is 9.88 Å². The van der Waals surface area contributed by atoms with Crippen molar-refractivity contribution in [3.05, 3.63) is 88.4 Å². The van der Waals surface area contributed by atoms with E-state index in [-0.39, 0.29) is 22.7 Å². The van der Waals surface area contributed by atoms with Gasteiger partial charge in [0.25, 0.3) is 5.69 Å². The predicted octanol–water partition coefficient (Wildman–Crippen LogP) is 6.50. The Hall–Kier alpha value is -5.30. The first-order valence-corrected chi connectivity index (χ1v) is 14.9. The number of nitrogens with zero attached hydrogens (tertiary/aromatic N) is 5. The molecule has 1 saturated heterocycles. The minimum Gasteiger partial charge on any atom is -0.493 e. The number of piperidine rings is 1. The number of ether oxygens (including phenoxy) is 3. The molecule has 1 aliphatic rings. The van der Waals surface area contributed by atoms with Crippen LogP contribution in [0.3, 0.4) is 0 Å². The lowest BCUT2D eigenvalue weighted by molar-refractivity contribution is -0.385. The lowest BCUT2D eigenvalue weighted by Gasteiger charge is -2.30. The van der Waals surface area contributed by atoms with Crippen molar-refractivity contribution in [1.29, 1.82) is 0 Å². The van der Waals surface area contributed by atoms with Gasteiger partial charge in [0, 0.05) is 36.3 Å². The first kappa shape index (κ1) is 32.1. The third kappa shape index (κ3) is 7.67. The van der Waals surface area contributed by atoms with Crippen LogP contribution < -0.4 is 25.0 Å². The fraction of sp³-hybridized carbons (Fsp3) is 0.303. The number of benzene rings is 3. The molecular weight excluding hydrogens is 595 g/mol. The SMILES string of the molecule is COc1cc2c(Oc3ccc(N(N=Cc4ccccc4[N+](=O)[O-])C(N)=O)cc3F)ccnc2cc1OCCCN1CCC(C)CC1. The van der Waals surface area contributed by atoms with Crippen molar-refractivity contribution in [3.63, 3.8) is 0 Å². The quantitative estimate of drug-likeness (QED) is 0.0808. The second-order valence-electron chi connectivity index (χ2n) is 11.0. The molecule has 240 valence electrons. The summed E-state index contributed by atoms with van der Waals surface area (Å²) in [4.78, 5) is 29.8. The number of pyridine rings is 1. The lowest BCUT2D eigenvalue weighted by atomic mass is 9.99. The van der Waals surface area contributed by atoms with Crippen LogP contribution in [0.5, 0.6) is 23.0 Å². The van der Waals surface area contributed by atoms with Gasteiger partial charge in [-0.3, -0.25) is 15.1 Å². The molecule has 0 saturated carbocycles. The van der Waals surface area contributed by atoms with Crippen molar-refractivity contribution >= 4 is 34.5 Å². The van der Waals surface area contributed by atoms with E-state index in [4.69, 9.17) is 19.9 Å². The van der Waals surface area contributed by atoms with Gasteiger partial charge in [0.05, 0.1) is 41.6 Å². The van der Waals surface area contributed by atoms with Gasteiger partial charge in [-0.1, -0.05) is 19.1 Å². The number of hydrogen-bond donors (Lipinski definition) is 1. The molecule has 0 bridgehead atoms. The molecule has 2 heterocycles. The van der Waals surface area contributed by atoms with Gasteiger partial charge in [-0.15, -0.1) is 0 Å². The number of anilines is 1. The van der Waals surface area contributed by atoms with E-state index < -0.39 is 16.8 Å². The molecule has 0 aliphatic carbocycles. The number of aromatic nitrogens is 1. The number of carbonyl (C=O) groups excluding carboxylic acids is 1. The maximum atomic E-state index is 15.3. The maximum Gasteiger partial charge on any atom is 0.340 e. The Morgan fingerprint density at radius 2 is 1.91 bits per heavy atom. The number of rotatable bonds is 12. The summed E-state index contributed by atoms with van der Waals surface area (Å²) in [6, 6.07) is 13.7. The number of likely N-dealkylation sites (tertiary alicyclic amines) is 1. The van der Waals surface area contributed by atoms with Crippen LogP contribution in [-0.2, 0) is 0 Å². The van der Waals surface area contributed by atoms with Crippen LogP contribution in [0.4, 0.5) is 20.6 Å². The van der Waals surface area contributed by atoms with Crippen molar-refractivity contribution in [2.45, 2.75) is 26.2 Å². The average molecular weight is 631 g/mol. The molecule has 3 aromatic carbocycles. The van der Waals surface area contributed by atoms with E-state index in [0.29, 0.717) is 34.8 Å². The highest BCUT2D eigenvalue weighted by Gasteiger charge is 2.19. The first-order chi connectivity index (χ1) is 22.2. The van der Waals surface area contributed by atoms with E-state index in [1.807, 2.05) is 0 Å². The second-order valence-corrected chi connectivity index (χ2v) is 11.0. The van der Waals surface area contributed by atoms with Gasteiger partial charge < -0.3 is 24.8 Å². The number of nitro groups is 1. The fourth-order valence-electron chi connectivity index (χ4n) is 5.20. The van der Waals surface area contributed by atoms with Crippen LogP contribution in [0.15, 0.2) is 72.0 Å². The average Bonchev–Trinajstić information content (AvgIpc) is 3.05. The summed E-state index contributed by atoms with van der Waals surface area (Å²) in [5.41, 5.74) is 5.96. The van der Waals surface area contributed by atoms with E-state index in [0.717, 1.165) is 49.3 Å². The summed E-state index contributed by atoms with van der Waals surface area (Å²) < 4.78 is 32.9. The molecule has 0 unspecified atom stereocenters. The van der Waals surface area contributed by atoms with Crippen molar-refractivity contribution in [3.8, 4) is 23.0 Å². The number of carbonyl (C=O) groups is 1. The number of halogens is 1. The number of fused-ring (bicyclic) bond motifs is 1. The summed E-state index contributed by atoms with van der Waals surface area (Å²) >= 11 is 0. The molecule has 5 rings (SSSR count). The Bertz CT molecular complexity index is 1740. The Morgan fingerprint density at radius 3 is 2.63 bits per heavy atom. The number of primary amides is 1. The topological polar surface area (TPSA) is 146 Å². The number of hydrazone groups is 1. The first-order valence-electron chi connectivity index (χ1n) is 14.9.